The van der Waals surface area contributed by atoms with E-state index < -0.39 is 17.0 Å². The van der Waals surface area contributed by atoms with Crippen molar-refractivity contribution in [2.24, 2.45) is 0 Å². The first kappa shape index (κ1) is 21.1. The number of Topliss-reactive ketones (excluding diaryl/α,β-unsaturated/α-hetero) is 1. The summed E-state index contributed by atoms with van der Waals surface area (Å²) in [6.07, 6.45) is 1.54. The van der Waals surface area contributed by atoms with Crippen LogP contribution < -0.4 is 27.6 Å². The number of carbonyl (C=O) groups excluding carboxylic acids is 2. The van der Waals surface area contributed by atoms with Crippen molar-refractivity contribution in [1.29, 1.82) is 0 Å². The molecule has 0 aliphatic heterocycles. The molecule has 2 aromatic carbocycles. The zero-order chi connectivity index (χ0) is 22.7. The van der Waals surface area contributed by atoms with Crippen molar-refractivity contribution in [3.8, 4) is 0 Å². The average molecular weight is 433 g/mol. The van der Waals surface area contributed by atoms with E-state index in [1.807, 2.05) is 30.3 Å². The first-order valence-electron chi connectivity index (χ1n) is 10.3. The Balaban J connectivity index is 1.48. The Morgan fingerprint density at radius 3 is 2.44 bits per heavy atom. The summed E-state index contributed by atoms with van der Waals surface area (Å²) in [5, 5.41) is 5.77. The van der Waals surface area contributed by atoms with Crippen molar-refractivity contribution in [2.75, 3.05) is 17.6 Å². The number of para-hydroxylation sites is 1. The molecule has 4 rings (SSSR count). The van der Waals surface area contributed by atoms with Crippen LogP contribution in [0, 0.1) is 0 Å². The minimum absolute atomic E-state index is 0.0899. The van der Waals surface area contributed by atoms with Crippen LogP contribution in [0.15, 0.2) is 64.2 Å². The molecule has 1 aromatic heterocycles. The molecule has 1 saturated carbocycles. The third-order valence-electron chi connectivity index (χ3n) is 5.28. The van der Waals surface area contributed by atoms with Crippen LogP contribution in [-0.2, 0) is 6.54 Å². The van der Waals surface area contributed by atoms with Crippen molar-refractivity contribution in [2.45, 2.75) is 25.4 Å². The molecule has 0 bridgehead atoms. The summed E-state index contributed by atoms with van der Waals surface area (Å²) in [4.78, 5) is 51.9. The van der Waals surface area contributed by atoms with E-state index in [1.54, 1.807) is 24.3 Å². The minimum atomic E-state index is -0.815. The molecule has 0 spiro atoms. The number of aromatic nitrogens is 2. The van der Waals surface area contributed by atoms with Crippen LogP contribution in [0.25, 0.3) is 0 Å². The molecule has 0 saturated heterocycles. The second-order valence-corrected chi connectivity index (χ2v) is 7.61. The summed E-state index contributed by atoms with van der Waals surface area (Å²) in [5.74, 6) is -0.997. The van der Waals surface area contributed by atoms with Gasteiger partial charge in [0.2, 0.25) is 0 Å². The quantitative estimate of drug-likeness (QED) is 0.399. The fourth-order valence-corrected chi connectivity index (χ4v) is 3.50. The number of hydrogen-bond donors (Lipinski definition) is 4. The molecule has 1 heterocycles. The molecule has 1 aliphatic rings. The first-order chi connectivity index (χ1) is 15.5. The molecule has 0 radical (unpaired) electrons. The van der Waals surface area contributed by atoms with Gasteiger partial charge in [-0.3, -0.25) is 23.9 Å². The maximum atomic E-state index is 12.8. The van der Waals surface area contributed by atoms with Crippen LogP contribution in [0.1, 0.15) is 45.2 Å². The van der Waals surface area contributed by atoms with Crippen molar-refractivity contribution in [3.05, 3.63) is 92.1 Å². The fourth-order valence-electron chi connectivity index (χ4n) is 3.50. The topological polar surface area (TPSA) is 139 Å². The zero-order valence-corrected chi connectivity index (χ0v) is 17.3. The molecule has 1 amide bonds. The van der Waals surface area contributed by atoms with Gasteiger partial charge in [-0.2, -0.15) is 0 Å². The van der Waals surface area contributed by atoms with E-state index >= 15 is 0 Å². The molecule has 1 aliphatic carbocycles. The molecule has 9 nitrogen and oxygen atoms in total. The van der Waals surface area contributed by atoms with E-state index in [0.29, 0.717) is 17.8 Å². The van der Waals surface area contributed by atoms with Crippen LogP contribution in [0.4, 0.5) is 11.5 Å². The number of nitrogen functional groups attached to an aromatic ring is 1. The van der Waals surface area contributed by atoms with Crippen LogP contribution in [-0.4, -0.2) is 27.8 Å². The average Bonchev–Trinajstić information content (AvgIpc) is 3.61. The summed E-state index contributed by atoms with van der Waals surface area (Å²) >= 11 is 0. The van der Waals surface area contributed by atoms with Gasteiger partial charge in [0.05, 0.1) is 12.1 Å². The van der Waals surface area contributed by atoms with Crippen LogP contribution in [0.3, 0.4) is 0 Å². The third kappa shape index (κ3) is 4.46. The summed E-state index contributed by atoms with van der Waals surface area (Å²) in [5.41, 5.74) is 6.08. The van der Waals surface area contributed by atoms with E-state index in [0.717, 1.165) is 18.4 Å². The van der Waals surface area contributed by atoms with E-state index in [-0.39, 0.29) is 29.9 Å². The molecule has 5 N–H and O–H groups in total. The molecule has 1 fully saturated rings. The van der Waals surface area contributed by atoms with Gasteiger partial charge in [0.25, 0.3) is 11.5 Å². The minimum Gasteiger partial charge on any atom is -0.384 e. The smallest absolute Gasteiger partial charge is 0.330 e. The molecule has 3 aromatic rings. The van der Waals surface area contributed by atoms with Gasteiger partial charge < -0.3 is 16.4 Å². The van der Waals surface area contributed by atoms with Gasteiger partial charge in [0, 0.05) is 18.3 Å². The summed E-state index contributed by atoms with van der Waals surface area (Å²) in [6, 6.07) is 16.2. The number of H-pyrrole nitrogens is 1. The third-order valence-corrected chi connectivity index (χ3v) is 5.28. The summed E-state index contributed by atoms with van der Waals surface area (Å²) in [7, 11) is 0. The van der Waals surface area contributed by atoms with E-state index in [2.05, 4.69) is 15.6 Å². The van der Waals surface area contributed by atoms with Gasteiger partial charge in [-0.1, -0.05) is 42.5 Å². The van der Waals surface area contributed by atoms with E-state index in [4.69, 9.17) is 5.73 Å². The van der Waals surface area contributed by atoms with Crippen LogP contribution >= 0.6 is 0 Å². The molecule has 9 heteroatoms. The SMILES string of the molecule is Nc1c(C(=O)CNc2ccccc2C(=O)NCc2ccccc2)c(=O)[nH]c(=O)n1C1CC1. The molecule has 0 atom stereocenters. The normalized spacial score (nSPS) is 12.9. The lowest BCUT2D eigenvalue weighted by Crippen LogP contribution is -2.37. The van der Waals surface area contributed by atoms with Gasteiger partial charge in [0.15, 0.2) is 5.78 Å². The maximum absolute atomic E-state index is 12.8. The second kappa shape index (κ2) is 8.93. The Kier molecular flexibility index (Phi) is 5.89. The number of nitrogens with two attached hydrogens (primary N) is 1. The monoisotopic (exact) mass is 433 g/mol. The number of rotatable bonds is 8. The van der Waals surface area contributed by atoms with Crippen LogP contribution in [0.5, 0.6) is 0 Å². The standard InChI is InChI=1S/C23H23N5O4/c24-20-19(22(31)27-23(32)28(20)15-10-11-15)18(29)13-25-17-9-5-4-8-16(17)21(30)26-12-14-6-2-1-3-7-14/h1-9,15,25H,10-13,24H2,(H,26,30)(H,27,31,32). The van der Waals surface area contributed by atoms with Crippen molar-refractivity contribution >= 4 is 23.2 Å². The van der Waals surface area contributed by atoms with E-state index in [9.17, 15) is 19.2 Å². The number of carbonyl (C=O) groups is 2. The molecular weight excluding hydrogens is 410 g/mol. The lowest BCUT2D eigenvalue weighted by atomic mass is 10.1. The highest BCUT2D eigenvalue weighted by atomic mass is 16.2. The van der Waals surface area contributed by atoms with Gasteiger partial charge in [-0.05, 0) is 30.5 Å². The molecule has 164 valence electrons. The number of ketones is 1. The fraction of sp³-hybridized carbons (Fsp3) is 0.217. The number of nitrogens with zero attached hydrogens (tertiary/aromatic N) is 1. The number of benzene rings is 2. The number of aromatic amines is 1. The predicted octanol–water partition coefficient (Wildman–Crippen LogP) is 1.68. The van der Waals surface area contributed by atoms with Crippen LogP contribution in [0.2, 0.25) is 0 Å². The zero-order valence-electron chi connectivity index (χ0n) is 17.3. The van der Waals surface area contributed by atoms with Crippen molar-refractivity contribution in [3.63, 3.8) is 0 Å². The highest BCUT2D eigenvalue weighted by molar-refractivity contribution is 6.04. The summed E-state index contributed by atoms with van der Waals surface area (Å²) < 4.78 is 1.26. The lowest BCUT2D eigenvalue weighted by molar-refractivity contribution is 0.0949. The molecule has 0 unspecified atom stereocenters. The Labute approximate surface area is 183 Å². The van der Waals surface area contributed by atoms with Gasteiger partial charge >= 0.3 is 5.69 Å². The summed E-state index contributed by atoms with van der Waals surface area (Å²) in [6.45, 7) is 0.0979. The van der Waals surface area contributed by atoms with Gasteiger partial charge in [-0.15, -0.1) is 0 Å². The Morgan fingerprint density at radius 1 is 1.03 bits per heavy atom. The Hall–Kier alpha value is -4.14. The van der Waals surface area contributed by atoms with Gasteiger partial charge in [-0.25, -0.2) is 4.79 Å². The predicted molar refractivity (Wildman–Crippen MR) is 121 cm³/mol. The van der Waals surface area contributed by atoms with Crippen molar-refractivity contribution in [1.82, 2.24) is 14.9 Å². The number of amides is 1. The second-order valence-electron chi connectivity index (χ2n) is 7.61. The van der Waals surface area contributed by atoms with Crippen molar-refractivity contribution < 1.29 is 9.59 Å². The van der Waals surface area contributed by atoms with E-state index in [1.165, 1.54) is 4.57 Å². The Bertz CT molecular complexity index is 1280. The number of nitrogens with one attached hydrogen (secondary N) is 3. The Morgan fingerprint density at radius 2 is 1.72 bits per heavy atom. The highest BCUT2D eigenvalue weighted by Crippen LogP contribution is 2.35. The highest BCUT2D eigenvalue weighted by Gasteiger charge is 2.30. The lowest BCUT2D eigenvalue weighted by Gasteiger charge is -2.14. The van der Waals surface area contributed by atoms with Gasteiger partial charge in [0.1, 0.15) is 11.4 Å². The first-order valence-corrected chi connectivity index (χ1v) is 10.3. The molecule has 32 heavy (non-hydrogen) atoms. The number of anilines is 2. The maximum Gasteiger partial charge on any atom is 0.330 e. The largest absolute Gasteiger partial charge is 0.384 e. The molecular formula is C23H23N5O4. The number of hydrogen-bond acceptors (Lipinski definition) is 6.